The fraction of sp³-hybridized carbons (Fsp3) is 0.250. The van der Waals surface area contributed by atoms with E-state index in [0.717, 1.165) is 6.42 Å². The SMILES string of the molecule is CCCNc1ncnc(-c2ccc(C#N)s2)c1[N+](=O)[O-]. The average molecular weight is 289 g/mol. The molecule has 20 heavy (non-hydrogen) atoms. The summed E-state index contributed by atoms with van der Waals surface area (Å²) in [4.78, 5) is 19.8. The maximum absolute atomic E-state index is 11.3. The maximum atomic E-state index is 11.3. The number of anilines is 1. The summed E-state index contributed by atoms with van der Waals surface area (Å²) in [5, 5.41) is 23.0. The van der Waals surface area contributed by atoms with Crippen LogP contribution < -0.4 is 5.32 Å². The van der Waals surface area contributed by atoms with Crippen LogP contribution in [0.1, 0.15) is 18.2 Å². The molecule has 0 aliphatic rings. The Bertz CT molecular complexity index is 677. The summed E-state index contributed by atoms with van der Waals surface area (Å²) in [6.07, 6.45) is 2.11. The van der Waals surface area contributed by atoms with E-state index in [1.54, 1.807) is 12.1 Å². The molecule has 0 unspecified atom stereocenters. The van der Waals surface area contributed by atoms with Crippen molar-refractivity contribution in [2.45, 2.75) is 13.3 Å². The van der Waals surface area contributed by atoms with Crippen molar-refractivity contribution in [3.63, 3.8) is 0 Å². The molecule has 0 aromatic carbocycles. The van der Waals surface area contributed by atoms with Crippen molar-refractivity contribution in [3.8, 4) is 16.6 Å². The summed E-state index contributed by atoms with van der Waals surface area (Å²) in [6.45, 7) is 2.55. The molecule has 0 radical (unpaired) electrons. The van der Waals surface area contributed by atoms with Crippen molar-refractivity contribution in [1.82, 2.24) is 9.97 Å². The molecular formula is C12H11N5O2S. The molecule has 0 fully saturated rings. The van der Waals surface area contributed by atoms with Crippen molar-refractivity contribution < 1.29 is 4.92 Å². The molecule has 0 aliphatic carbocycles. The summed E-state index contributed by atoms with van der Waals surface area (Å²) < 4.78 is 0. The first-order valence-corrected chi connectivity index (χ1v) is 6.72. The zero-order valence-corrected chi connectivity index (χ0v) is 11.5. The molecule has 0 aliphatic heterocycles. The number of nitriles is 1. The molecule has 0 amide bonds. The highest BCUT2D eigenvalue weighted by Gasteiger charge is 2.24. The second-order valence-corrected chi connectivity index (χ2v) is 4.96. The Balaban J connectivity index is 2.52. The first-order valence-electron chi connectivity index (χ1n) is 5.91. The Morgan fingerprint density at radius 1 is 1.50 bits per heavy atom. The first kappa shape index (κ1) is 13.9. The van der Waals surface area contributed by atoms with Gasteiger partial charge in [-0.25, -0.2) is 9.97 Å². The van der Waals surface area contributed by atoms with Gasteiger partial charge in [-0.1, -0.05) is 6.92 Å². The minimum absolute atomic E-state index is 0.160. The topological polar surface area (TPSA) is 105 Å². The van der Waals surface area contributed by atoms with Gasteiger partial charge in [-0.3, -0.25) is 10.1 Å². The van der Waals surface area contributed by atoms with Crippen LogP contribution in [0.3, 0.4) is 0 Å². The van der Waals surface area contributed by atoms with Gasteiger partial charge in [0.25, 0.3) is 0 Å². The van der Waals surface area contributed by atoms with Gasteiger partial charge in [0.15, 0.2) is 5.69 Å². The minimum Gasteiger partial charge on any atom is -0.364 e. The largest absolute Gasteiger partial charge is 0.364 e. The van der Waals surface area contributed by atoms with Gasteiger partial charge >= 0.3 is 5.69 Å². The molecule has 0 saturated heterocycles. The molecular weight excluding hydrogens is 278 g/mol. The maximum Gasteiger partial charge on any atom is 0.338 e. The standard InChI is InChI=1S/C12H11N5O2S/c1-2-5-14-12-11(17(18)19)10(15-7-16-12)9-4-3-8(6-13)20-9/h3-4,7H,2,5H2,1H3,(H,14,15,16). The van der Waals surface area contributed by atoms with Crippen molar-refractivity contribution in [2.24, 2.45) is 0 Å². The lowest BCUT2D eigenvalue weighted by Crippen LogP contribution is -2.07. The van der Waals surface area contributed by atoms with Crippen LogP contribution in [0.4, 0.5) is 11.5 Å². The van der Waals surface area contributed by atoms with E-state index in [1.807, 2.05) is 13.0 Å². The second-order valence-electron chi connectivity index (χ2n) is 3.88. The monoisotopic (exact) mass is 289 g/mol. The van der Waals surface area contributed by atoms with E-state index in [0.29, 0.717) is 16.3 Å². The Labute approximate surface area is 119 Å². The lowest BCUT2D eigenvalue weighted by Gasteiger charge is -2.06. The molecule has 1 N–H and O–H groups in total. The van der Waals surface area contributed by atoms with E-state index in [2.05, 4.69) is 15.3 Å². The van der Waals surface area contributed by atoms with Gasteiger partial charge in [-0.15, -0.1) is 11.3 Å². The Morgan fingerprint density at radius 3 is 2.90 bits per heavy atom. The molecule has 2 heterocycles. The van der Waals surface area contributed by atoms with E-state index in [1.165, 1.54) is 17.7 Å². The third-order valence-corrected chi connectivity index (χ3v) is 3.49. The lowest BCUT2D eigenvalue weighted by molar-refractivity contribution is -0.383. The van der Waals surface area contributed by atoms with Crippen LogP contribution in [0.25, 0.3) is 10.6 Å². The van der Waals surface area contributed by atoms with Gasteiger partial charge in [0.1, 0.15) is 17.3 Å². The zero-order chi connectivity index (χ0) is 14.5. The summed E-state index contributed by atoms with van der Waals surface area (Å²) in [5.41, 5.74) is 0.0717. The molecule has 0 spiro atoms. The molecule has 2 aromatic heterocycles. The average Bonchev–Trinajstić information content (AvgIpc) is 2.93. The zero-order valence-electron chi connectivity index (χ0n) is 10.7. The summed E-state index contributed by atoms with van der Waals surface area (Å²) >= 11 is 1.17. The van der Waals surface area contributed by atoms with Gasteiger partial charge in [0.05, 0.1) is 9.80 Å². The highest BCUT2D eigenvalue weighted by molar-refractivity contribution is 7.16. The molecule has 2 aromatic rings. The molecule has 0 bridgehead atoms. The smallest absolute Gasteiger partial charge is 0.338 e. The predicted molar refractivity (Wildman–Crippen MR) is 75.5 cm³/mol. The van der Waals surface area contributed by atoms with Crippen LogP contribution in [0.2, 0.25) is 0 Å². The van der Waals surface area contributed by atoms with Gasteiger partial charge in [0.2, 0.25) is 5.82 Å². The number of rotatable bonds is 5. The van der Waals surface area contributed by atoms with Crippen molar-refractivity contribution in [1.29, 1.82) is 5.26 Å². The first-order chi connectivity index (χ1) is 9.67. The number of thiophene rings is 1. The quantitative estimate of drug-likeness (QED) is 0.670. The predicted octanol–water partition coefficient (Wildman–Crippen LogP) is 2.81. The lowest BCUT2D eigenvalue weighted by atomic mass is 10.2. The van der Waals surface area contributed by atoms with Crippen LogP contribution in [0.5, 0.6) is 0 Å². The fourth-order valence-electron chi connectivity index (χ4n) is 1.63. The number of aromatic nitrogens is 2. The van der Waals surface area contributed by atoms with Gasteiger partial charge in [-0.05, 0) is 18.6 Å². The van der Waals surface area contributed by atoms with Crippen LogP contribution in [0.15, 0.2) is 18.5 Å². The van der Waals surface area contributed by atoms with Crippen molar-refractivity contribution in [3.05, 3.63) is 33.5 Å². The normalized spacial score (nSPS) is 10.0. The highest BCUT2D eigenvalue weighted by Crippen LogP contribution is 2.36. The Hall–Kier alpha value is -2.53. The van der Waals surface area contributed by atoms with E-state index in [9.17, 15) is 10.1 Å². The minimum atomic E-state index is -0.501. The number of nitro groups is 1. The van der Waals surface area contributed by atoms with E-state index < -0.39 is 4.92 Å². The summed E-state index contributed by atoms with van der Waals surface area (Å²) in [6, 6.07) is 5.28. The number of hydrogen-bond donors (Lipinski definition) is 1. The molecule has 102 valence electrons. The van der Waals surface area contributed by atoms with Crippen LogP contribution in [-0.2, 0) is 0 Å². The van der Waals surface area contributed by atoms with E-state index >= 15 is 0 Å². The van der Waals surface area contributed by atoms with Crippen LogP contribution >= 0.6 is 11.3 Å². The van der Waals surface area contributed by atoms with E-state index in [4.69, 9.17) is 5.26 Å². The molecule has 8 heteroatoms. The van der Waals surface area contributed by atoms with Gasteiger partial charge < -0.3 is 5.32 Å². The third-order valence-electron chi connectivity index (χ3n) is 2.50. The van der Waals surface area contributed by atoms with Gasteiger partial charge in [-0.2, -0.15) is 5.26 Å². The molecule has 7 nitrogen and oxygen atoms in total. The van der Waals surface area contributed by atoms with Crippen molar-refractivity contribution >= 4 is 22.8 Å². The second kappa shape index (κ2) is 6.08. The van der Waals surface area contributed by atoms with Gasteiger partial charge in [0, 0.05) is 6.54 Å². The van der Waals surface area contributed by atoms with Crippen LogP contribution in [-0.4, -0.2) is 21.4 Å². The summed E-state index contributed by atoms with van der Waals surface area (Å²) in [7, 11) is 0. The highest BCUT2D eigenvalue weighted by atomic mass is 32.1. The third kappa shape index (κ3) is 2.73. The molecule has 0 atom stereocenters. The molecule has 0 saturated carbocycles. The summed E-state index contributed by atoms with van der Waals surface area (Å²) in [5.74, 6) is 0.203. The van der Waals surface area contributed by atoms with E-state index in [-0.39, 0.29) is 17.2 Å². The Morgan fingerprint density at radius 2 is 2.30 bits per heavy atom. The fourth-order valence-corrected chi connectivity index (χ4v) is 2.43. The number of nitrogens with one attached hydrogen (secondary N) is 1. The van der Waals surface area contributed by atoms with Crippen LogP contribution in [0, 0.1) is 21.4 Å². The molecule has 2 rings (SSSR count). The van der Waals surface area contributed by atoms with Crippen molar-refractivity contribution in [2.75, 3.05) is 11.9 Å². The Kier molecular flexibility index (Phi) is 4.22. The number of nitrogens with zero attached hydrogens (tertiary/aromatic N) is 4. The number of hydrogen-bond acceptors (Lipinski definition) is 7.